The molecule has 1 aromatic heterocycles. The van der Waals surface area contributed by atoms with Crippen molar-refractivity contribution in [2.45, 2.75) is 83.7 Å². The van der Waals surface area contributed by atoms with E-state index in [9.17, 15) is 9.59 Å². The van der Waals surface area contributed by atoms with Crippen LogP contribution in [0, 0.1) is 0 Å². The third-order valence-corrected chi connectivity index (χ3v) is 7.80. The number of aryl methyl sites for hydroxylation is 1. The number of ether oxygens (including phenoxy) is 2. The van der Waals surface area contributed by atoms with Crippen molar-refractivity contribution in [1.82, 2.24) is 9.47 Å². The normalized spacial score (nSPS) is 20.1. The summed E-state index contributed by atoms with van der Waals surface area (Å²) in [5.41, 5.74) is 5.63. The molecule has 2 aliphatic carbocycles. The second-order valence-electron chi connectivity index (χ2n) is 9.76. The van der Waals surface area contributed by atoms with Gasteiger partial charge in [0.15, 0.2) is 5.57 Å². The van der Waals surface area contributed by atoms with E-state index in [1.54, 1.807) is 20.0 Å². The number of benzene rings is 1. The number of fused-ring (bicyclic) bond motifs is 3. The lowest BCUT2D eigenvalue weighted by atomic mass is 9.83. The summed E-state index contributed by atoms with van der Waals surface area (Å²) in [7, 11) is 0. The average Bonchev–Trinajstić information content (AvgIpc) is 3.19. The van der Waals surface area contributed by atoms with Crippen LogP contribution in [0.5, 0.6) is 0 Å². The maximum atomic E-state index is 12.6. The monoisotopic (exact) mass is 464 g/mol. The van der Waals surface area contributed by atoms with Crippen LogP contribution in [0.4, 0.5) is 0 Å². The number of carbonyl (C=O) groups excluding carboxylic acids is 2. The van der Waals surface area contributed by atoms with E-state index in [-0.39, 0.29) is 24.8 Å². The predicted molar refractivity (Wildman–Crippen MR) is 131 cm³/mol. The van der Waals surface area contributed by atoms with Crippen molar-refractivity contribution in [3.05, 3.63) is 46.8 Å². The van der Waals surface area contributed by atoms with E-state index in [1.807, 2.05) is 0 Å². The molecule has 1 atom stereocenters. The number of rotatable bonds is 6. The van der Waals surface area contributed by atoms with Crippen LogP contribution < -0.4 is 0 Å². The molecule has 0 N–H and O–H groups in total. The van der Waals surface area contributed by atoms with Gasteiger partial charge in [-0.2, -0.15) is 0 Å². The van der Waals surface area contributed by atoms with E-state index in [4.69, 9.17) is 9.47 Å². The number of aromatic nitrogens is 1. The minimum absolute atomic E-state index is 0.0139. The maximum absolute atomic E-state index is 12.6. The fourth-order valence-electron chi connectivity index (χ4n) is 6.27. The first-order valence-corrected chi connectivity index (χ1v) is 13.1. The van der Waals surface area contributed by atoms with Gasteiger partial charge in [0.1, 0.15) is 0 Å². The topological polar surface area (TPSA) is 60.8 Å². The van der Waals surface area contributed by atoms with Gasteiger partial charge in [-0.15, -0.1) is 0 Å². The Morgan fingerprint density at radius 3 is 2.41 bits per heavy atom. The summed E-state index contributed by atoms with van der Waals surface area (Å²) in [4.78, 5) is 27.3. The van der Waals surface area contributed by atoms with Gasteiger partial charge in [-0.1, -0.05) is 25.3 Å². The van der Waals surface area contributed by atoms with Crippen molar-refractivity contribution in [2.75, 3.05) is 19.8 Å². The summed E-state index contributed by atoms with van der Waals surface area (Å²) in [6.45, 7) is 5.51. The Morgan fingerprint density at radius 1 is 0.971 bits per heavy atom. The highest BCUT2D eigenvalue weighted by Crippen LogP contribution is 2.44. The van der Waals surface area contributed by atoms with E-state index in [1.165, 1.54) is 59.8 Å². The van der Waals surface area contributed by atoms with Crippen LogP contribution >= 0.6 is 0 Å². The van der Waals surface area contributed by atoms with Crippen LogP contribution in [-0.2, 0) is 32.0 Å². The molecule has 0 radical (unpaired) electrons. The molecule has 5 rings (SSSR count). The number of hydrogen-bond acceptors (Lipinski definition) is 5. The fraction of sp³-hybridized carbons (Fsp3) is 0.571. The van der Waals surface area contributed by atoms with Gasteiger partial charge in [0.2, 0.25) is 0 Å². The number of carbonyl (C=O) groups is 2. The smallest absolute Gasteiger partial charge is 0.347 e. The summed E-state index contributed by atoms with van der Waals surface area (Å²) in [6.07, 6.45) is 11.6. The Hall–Kier alpha value is -2.76. The molecule has 1 saturated carbocycles. The summed E-state index contributed by atoms with van der Waals surface area (Å²) >= 11 is 0. The third-order valence-electron chi connectivity index (χ3n) is 7.80. The van der Waals surface area contributed by atoms with Gasteiger partial charge in [0.05, 0.1) is 19.3 Å². The lowest BCUT2D eigenvalue weighted by Crippen LogP contribution is -2.37. The number of nitrogens with zero attached hydrogens (tertiary/aromatic N) is 2. The van der Waals surface area contributed by atoms with Gasteiger partial charge >= 0.3 is 11.9 Å². The Bertz CT molecular complexity index is 1090. The Morgan fingerprint density at radius 2 is 1.71 bits per heavy atom. The van der Waals surface area contributed by atoms with Gasteiger partial charge in [0.25, 0.3) is 0 Å². The molecule has 0 unspecified atom stereocenters. The molecule has 2 heterocycles. The van der Waals surface area contributed by atoms with Crippen molar-refractivity contribution in [3.8, 4) is 0 Å². The quantitative estimate of drug-likeness (QED) is 0.248. The zero-order valence-electron chi connectivity index (χ0n) is 20.5. The second kappa shape index (κ2) is 9.85. The second-order valence-corrected chi connectivity index (χ2v) is 9.76. The minimum Gasteiger partial charge on any atom is -0.462 e. The third kappa shape index (κ3) is 4.12. The van der Waals surface area contributed by atoms with Crippen LogP contribution in [-0.4, -0.2) is 41.2 Å². The molecule has 2 aromatic rings. The molecule has 3 aliphatic rings. The van der Waals surface area contributed by atoms with Gasteiger partial charge in [-0.25, -0.2) is 9.59 Å². The van der Waals surface area contributed by atoms with E-state index >= 15 is 0 Å². The first kappa shape index (κ1) is 23.0. The molecule has 6 heteroatoms. The van der Waals surface area contributed by atoms with Crippen LogP contribution in [0.3, 0.4) is 0 Å². The molecule has 0 amide bonds. The molecule has 0 bridgehead atoms. The van der Waals surface area contributed by atoms with Crippen molar-refractivity contribution >= 4 is 22.8 Å². The van der Waals surface area contributed by atoms with E-state index < -0.39 is 11.9 Å². The van der Waals surface area contributed by atoms with Crippen LogP contribution in [0.25, 0.3) is 10.9 Å². The highest BCUT2D eigenvalue weighted by molar-refractivity contribution is 6.14. The van der Waals surface area contributed by atoms with E-state index in [0.717, 1.165) is 32.4 Å². The van der Waals surface area contributed by atoms with Gasteiger partial charge in [-0.05, 0) is 75.1 Å². The maximum Gasteiger partial charge on any atom is 0.347 e. The summed E-state index contributed by atoms with van der Waals surface area (Å²) < 4.78 is 12.8. The number of hydrogen-bond donors (Lipinski definition) is 0. The van der Waals surface area contributed by atoms with Crippen molar-refractivity contribution in [2.24, 2.45) is 0 Å². The van der Waals surface area contributed by atoms with Gasteiger partial charge < -0.3 is 18.9 Å². The lowest BCUT2D eigenvalue weighted by molar-refractivity contribution is -0.146. The van der Waals surface area contributed by atoms with Crippen LogP contribution in [0.1, 0.15) is 87.6 Å². The van der Waals surface area contributed by atoms with Crippen molar-refractivity contribution < 1.29 is 19.1 Å². The Kier molecular flexibility index (Phi) is 6.66. The highest BCUT2D eigenvalue weighted by atomic mass is 16.6. The summed E-state index contributed by atoms with van der Waals surface area (Å²) in [5, 5.41) is 1.41. The number of esters is 2. The molecule has 34 heavy (non-hydrogen) atoms. The predicted octanol–water partition coefficient (Wildman–Crippen LogP) is 5.39. The zero-order chi connectivity index (χ0) is 23.7. The molecule has 0 saturated heterocycles. The Labute approximate surface area is 201 Å². The standard InChI is InChI=1S/C28H36N2O4/c1-3-33-27(31)23(28(32)34-4-2)18-29-15-16-30-24-14-13-20(19-9-6-5-7-10-19)17-22(24)21-11-8-12-25(29)26(21)30/h13-14,17-19,25H,3-12,15-16H2,1-2H3/t25-/m1/s1. The summed E-state index contributed by atoms with van der Waals surface area (Å²) in [6, 6.07) is 7.32. The SMILES string of the molecule is CCOC(=O)C(=CN1CCn2c3c(c4cc(C5CCCCC5)ccc42)CCC[C@H]31)C(=O)OCC. The van der Waals surface area contributed by atoms with E-state index in [0.29, 0.717) is 5.92 Å². The van der Waals surface area contributed by atoms with Gasteiger partial charge in [0, 0.05) is 35.9 Å². The fourth-order valence-corrected chi connectivity index (χ4v) is 6.27. The van der Waals surface area contributed by atoms with E-state index in [2.05, 4.69) is 27.7 Å². The highest BCUT2D eigenvalue weighted by Gasteiger charge is 2.35. The zero-order valence-corrected chi connectivity index (χ0v) is 20.5. The summed E-state index contributed by atoms with van der Waals surface area (Å²) in [5.74, 6) is -0.529. The molecule has 1 aromatic carbocycles. The minimum atomic E-state index is -0.611. The molecule has 0 spiro atoms. The van der Waals surface area contributed by atoms with Crippen molar-refractivity contribution in [1.29, 1.82) is 0 Å². The molecule has 1 fully saturated rings. The Balaban J connectivity index is 1.52. The molecule has 1 aliphatic heterocycles. The van der Waals surface area contributed by atoms with Gasteiger partial charge in [-0.3, -0.25) is 0 Å². The molecule has 182 valence electrons. The molecular weight excluding hydrogens is 428 g/mol. The largest absolute Gasteiger partial charge is 0.462 e. The van der Waals surface area contributed by atoms with Crippen molar-refractivity contribution in [3.63, 3.8) is 0 Å². The lowest BCUT2D eigenvalue weighted by Gasteiger charge is -2.39. The molecule has 6 nitrogen and oxygen atoms in total. The first-order chi connectivity index (χ1) is 16.6. The van der Waals surface area contributed by atoms with Crippen LogP contribution in [0.15, 0.2) is 30.0 Å². The molecular formula is C28H36N2O4. The van der Waals surface area contributed by atoms with Crippen LogP contribution in [0.2, 0.25) is 0 Å². The first-order valence-electron chi connectivity index (χ1n) is 13.1. The average molecular weight is 465 g/mol.